The van der Waals surface area contributed by atoms with E-state index < -0.39 is 0 Å². The van der Waals surface area contributed by atoms with Gasteiger partial charge in [0.1, 0.15) is 6.33 Å². The van der Waals surface area contributed by atoms with Crippen LogP contribution in [0.2, 0.25) is 0 Å². The number of benzene rings is 1. The third-order valence-corrected chi connectivity index (χ3v) is 4.50. The zero-order valence-corrected chi connectivity index (χ0v) is 13.4. The maximum atomic E-state index is 8.86. The predicted molar refractivity (Wildman–Crippen MR) is 89.4 cm³/mol. The Balaban J connectivity index is 1.40. The molecule has 3 aromatic rings. The highest BCUT2D eigenvalue weighted by molar-refractivity contribution is 5.64. The van der Waals surface area contributed by atoms with Crippen molar-refractivity contribution in [3.8, 4) is 6.07 Å². The Morgan fingerprint density at radius 3 is 2.83 bits per heavy atom. The molecule has 0 N–H and O–H groups in total. The molecule has 0 spiro atoms. The summed E-state index contributed by atoms with van der Waals surface area (Å²) in [5.41, 5.74) is 2.71. The molecule has 0 atom stereocenters. The molecule has 1 fully saturated rings. The molecule has 1 aromatic carbocycles. The summed E-state index contributed by atoms with van der Waals surface area (Å²) in [6, 6.07) is 10.4. The molecule has 0 amide bonds. The van der Waals surface area contributed by atoms with Crippen molar-refractivity contribution >= 4 is 11.5 Å². The van der Waals surface area contributed by atoms with Crippen LogP contribution >= 0.6 is 0 Å². The molecule has 0 bridgehead atoms. The van der Waals surface area contributed by atoms with Crippen molar-refractivity contribution in [3.63, 3.8) is 0 Å². The van der Waals surface area contributed by atoms with Crippen LogP contribution in [0.4, 0.5) is 5.82 Å². The fourth-order valence-electron chi connectivity index (χ4n) is 2.98. The van der Waals surface area contributed by atoms with Gasteiger partial charge in [0, 0.05) is 38.1 Å². The van der Waals surface area contributed by atoms with E-state index in [1.165, 1.54) is 5.56 Å². The van der Waals surface area contributed by atoms with Crippen molar-refractivity contribution in [1.82, 2.24) is 24.5 Å². The molecule has 1 saturated heterocycles. The predicted octanol–water partition coefficient (Wildman–Crippen LogP) is 1.32. The Kier molecular flexibility index (Phi) is 3.59. The quantitative estimate of drug-likeness (QED) is 0.722. The van der Waals surface area contributed by atoms with Crippen LogP contribution in [-0.4, -0.2) is 50.7 Å². The summed E-state index contributed by atoms with van der Waals surface area (Å²) in [6.07, 6.45) is 5.32. The van der Waals surface area contributed by atoms with E-state index in [9.17, 15) is 0 Å². The lowest BCUT2D eigenvalue weighted by Crippen LogP contribution is -2.58. The molecule has 1 aliphatic heterocycles. The fraction of sp³-hybridized carbons (Fsp3) is 0.294. The molecule has 0 saturated carbocycles. The van der Waals surface area contributed by atoms with Crippen LogP contribution in [0.1, 0.15) is 11.1 Å². The van der Waals surface area contributed by atoms with Crippen LogP contribution in [0.15, 0.2) is 43.0 Å². The Bertz CT molecular complexity index is 887. The van der Waals surface area contributed by atoms with Crippen LogP contribution in [-0.2, 0) is 6.54 Å². The number of anilines is 1. The number of hydrogen-bond donors (Lipinski definition) is 0. The van der Waals surface area contributed by atoms with Gasteiger partial charge in [-0.25, -0.2) is 4.98 Å². The zero-order valence-electron chi connectivity index (χ0n) is 13.4. The van der Waals surface area contributed by atoms with Gasteiger partial charge >= 0.3 is 0 Å². The monoisotopic (exact) mass is 319 g/mol. The molecule has 0 aliphatic carbocycles. The number of likely N-dealkylation sites (N-methyl/N-ethyl adjacent to an activating group) is 1. The van der Waals surface area contributed by atoms with Crippen LogP contribution in [0.3, 0.4) is 0 Å². The van der Waals surface area contributed by atoms with E-state index in [1.807, 2.05) is 34.9 Å². The van der Waals surface area contributed by atoms with E-state index in [0.29, 0.717) is 11.6 Å². The Morgan fingerprint density at radius 1 is 1.29 bits per heavy atom. The van der Waals surface area contributed by atoms with Crippen LogP contribution in [0, 0.1) is 11.3 Å². The summed E-state index contributed by atoms with van der Waals surface area (Å²) < 4.78 is 1.89. The second kappa shape index (κ2) is 5.91. The van der Waals surface area contributed by atoms with Crippen LogP contribution in [0.5, 0.6) is 0 Å². The number of nitriles is 1. The first kappa shape index (κ1) is 14.6. The maximum Gasteiger partial charge on any atom is 0.203 e. The lowest BCUT2D eigenvalue weighted by molar-refractivity contribution is 0.197. The third kappa shape index (κ3) is 2.57. The summed E-state index contributed by atoms with van der Waals surface area (Å²) >= 11 is 0. The van der Waals surface area contributed by atoms with Gasteiger partial charge in [-0.3, -0.25) is 9.30 Å². The summed E-state index contributed by atoms with van der Waals surface area (Å²) in [5, 5.41) is 16.9. The van der Waals surface area contributed by atoms with E-state index >= 15 is 0 Å². The standard InChI is InChI=1S/C17H17N7/c1-22(9-14-4-2-13(8-18)3-5-14)15-10-24(11-15)16-17-21-20-12-23(17)7-6-19-16/h2-7,12,15H,9-11H2,1H3. The van der Waals surface area contributed by atoms with Crippen LogP contribution < -0.4 is 4.90 Å². The second-order valence-electron chi connectivity index (χ2n) is 6.10. The largest absolute Gasteiger partial charge is 0.350 e. The first-order valence-electron chi connectivity index (χ1n) is 7.83. The van der Waals surface area contributed by atoms with Crippen molar-refractivity contribution in [2.45, 2.75) is 12.6 Å². The van der Waals surface area contributed by atoms with Gasteiger partial charge < -0.3 is 4.90 Å². The smallest absolute Gasteiger partial charge is 0.203 e. The summed E-state index contributed by atoms with van der Waals surface area (Å²) in [4.78, 5) is 9.01. The van der Waals surface area contributed by atoms with Gasteiger partial charge in [0.25, 0.3) is 0 Å². The van der Waals surface area contributed by atoms with Gasteiger partial charge in [0.05, 0.1) is 11.6 Å². The van der Waals surface area contributed by atoms with E-state index in [4.69, 9.17) is 5.26 Å². The molecule has 2 aromatic heterocycles. The zero-order chi connectivity index (χ0) is 16.5. The molecule has 3 heterocycles. The van der Waals surface area contributed by atoms with Gasteiger partial charge in [-0.2, -0.15) is 5.26 Å². The minimum absolute atomic E-state index is 0.477. The Morgan fingerprint density at radius 2 is 2.08 bits per heavy atom. The lowest BCUT2D eigenvalue weighted by Gasteiger charge is -2.44. The van der Waals surface area contributed by atoms with E-state index in [0.717, 1.165) is 31.1 Å². The normalized spacial score (nSPS) is 14.8. The molecule has 4 rings (SSSR count). The first-order valence-corrected chi connectivity index (χ1v) is 7.83. The van der Waals surface area contributed by atoms with Crippen molar-refractivity contribution in [3.05, 3.63) is 54.1 Å². The minimum atomic E-state index is 0.477. The molecule has 1 aliphatic rings. The number of hydrogen-bond acceptors (Lipinski definition) is 6. The Labute approximate surface area is 139 Å². The molecular weight excluding hydrogens is 302 g/mol. The van der Waals surface area contributed by atoms with Crippen LogP contribution in [0.25, 0.3) is 5.65 Å². The third-order valence-electron chi connectivity index (χ3n) is 4.50. The van der Waals surface area contributed by atoms with Gasteiger partial charge in [-0.15, -0.1) is 10.2 Å². The molecule has 7 heteroatoms. The lowest BCUT2D eigenvalue weighted by atomic mass is 10.1. The Hall–Kier alpha value is -2.98. The molecular formula is C17H17N7. The van der Waals surface area contributed by atoms with E-state index in [-0.39, 0.29) is 0 Å². The van der Waals surface area contributed by atoms with E-state index in [2.05, 4.69) is 38.1 Å². The van der Waals surface area contributed by atoms with Crippen molar-refractivity contribution in [2.24, 2.45) is 0 Å². The molecule has 24 heavy (non-hydrogen) atoms. The number of fused-ring (bicyclic) bond motifs is 1. The topological polar surface area (TPSA) is 73.4 Å². The number of aromatic nitrogens is 4. The second-order valence-corrected chi connectivity index (χ2v) is 6.10. The van der Waals surface area contributed by atoms with Gasteiger partial charge in [-0.1, -0.05) is 12.1 Å². The number of nitrogens with zero attached hydrogens (tertiary/aromatic N) is 7. The molecule has 0 unspecified atom stereocenters. The maximum absolute atomic E-state index is 8.86. The molecule has 0 radical (unpaired) electrons. The average Bonchev–Trinajstić information content (AvgIpc) is 3.03. The fourth-order valence-corrected chi connectivity index (χ4v) is 2.98. The first-order chi connectivity index (χ1) is 11.7. The van der Waals surface area contributed by atoms with Gasteiger partial charge in [0.2, 0.25) is 5.65 Å². The molecule has 120 valence electrons. The van der Waals surface area contributed by atoms with Gasteiger partial charge in [-0.05, 0) is 24.7 Å². The average molecular weight is 319 g/mol. The summed E-state index contributed by atoms with van der Waals surface area (Å²) in [6.45, 7) is 2.71. The van der Waals surface area contributed by atoms with Crippen molar-refractivity contribution in [1.29, 1.82) is 5.26 Å². The molecule has 7 nitrogen and oxygen atoms in total. The number of rotatable bonds is 4. The minimum Gasteiger partial charge on any atom is -0.350 e. The van der Waals surface area contributed by atoms with Crippen molar-refractivity contribution < 1.29 is 0 Å². The highest BCUT2D eigenvalue weighted by Crippen LogP contribution is 2.24. The SMILES string of the molecule is CN(Cc1ccc(C#N)cc1)C1CN(c2nccn3cnnc23)C1. The highest BCUT2D eigenvalue weighted by Gasteiger charge is 2.32. The van der Waals surface area contributed by atoms with E-state index in [1.54, 1.807) is 12.5 Å². The van der Waals surface area contributed by atoms with Gasteiger partial charge in [0.15, 0.2) is 5.82 Å². The van der Waals surface area contributed by atoms with Crippen molar-refractivity contribution in [2.75, 3.05) is 25.0 Å². The summed E-state index contributed by atoms with van der Waals surface area (Å²) in [7, 11) is 2.13. The highest BCUT2D eigenvalue weighted by atomic mass is 15.4. The summed E-state index contributed by atoms with van der Waals surface area (Å²) in [5.74, 6) is 0.887.